The fourth-order valence-corrected chi connectivity index (χ4v) is 0.290. The number of hydrogen-bond acceptors (Lipinski definition) is 5. The maximum absolute atomic E-state index is 10.3. The van der Waals surface area contributed by atoms with Crippen LogP contribution in [0.4, 0.5) is 0 Å². The summed E-state index contributed by atoms with van der Waals surface area (Å²) < 4.78 is 4.38. The number of esters is 1. The number of ether oxygens (including phenoxy) is 1. The first-order valence-corrected chi connectivity index (χ1v) is 4.32. The molecule has 0 saturated heterocycles. The number of aliphatic carboxylic acids is 1. The molecule has 0 saturated carbocycles. The number of rotatable bonds is 5. The number of carboxylic acids is 1. The van der Waals surface area contributed by atoms with Crippen molar-refractivity contribution in [2.75, 3.05) is 13.2 Å². The second-order valence-electron chi connectivity index (χ2n) is 2.76. The Hall–Kier alpha value is -0.400. The first kappa shape index (κ1) is 21.8. The first-order chi connectivity index (χ1) is 7.34. The number of carboxylic acid groups (broad SMARTS) is 1. The van der Waals surface area contributed by atoms with E-state index in [1.807, 2.05) is 0 Å². The molecule has 0 aromatic rings. The molecule has 1 atom stereocenters. The van der Waals surface area contributed by atoms with E-state index in [-0.39, 0.29) is 49.9 Å². The Labute approximate surface area is 130 Å². The van der Waals surface area contributed by atoms with Crippen molar-refractivity contribution in [3.63, 3.8) is 0 Å². The van der Waals surface area contributed by atoms with Crippen molar-refractivity contribution in [2.45, 2.75) is 13.0 Å². The summed E-state index contributed by atoms with van der Waals surface area (Å²) in [4.78, 5) is 19.9. The minimum absolute atomic E-state index is 0. The molecule has 6 nitrogen and oxygen atoms in total. The third kappa shape index (κ3) is 18.2. The molecule has 1 unspecified atom stereocenters. The average Bonchev–Trinajstić information content (AvgIpc) is 2.25. The fraction of sp³-hybridized carbons (Fsp3) is 0.400. The van der Waals surface area contributed by atoms with Gasteiger partial charge in [0.25, 0.3) is 0 Å². The van der Waals surface area contributed by atoms with Crippen LogP contribution in [0.1, 0.15) is 6.92 Å². The van der Waals surface area contributed by atoms with Crippen LogP contribution in [0.3, 0.4) is 0 Å². The average molecular weight is 274 g/mol. The van der Waals surface area contributed by atoms with Gasteiger partial charge in [0.1, 0.15) is 12.7 Å². The first-order valence-electron chi connectivity index (χ1n) is 4.32. The second-order valence-corrected chi connectivity index (χ2v) is 2.76. The molecule has 0 aliphatic heterocycles. The summed E-state index contributed by atoms with van der Waals surface area (Å²) in [5, 5.41) is 24.8. The van der Waals surface area contributed by atoms with Gasteiger partial charge in [-0.3, -0.25) is 0 Å². The van der Waals surface area contributed by atoms with Crippen molar-refractivity contribution in [1.29, 1.82) is 0 Å². The van der Waals surface area contributed by atoms with Gasteiger partial charge in [0.15, 0.2) is 0 Å². The van der Waals surface area contributed by atoms with Crippen molar-refractivity contribution >= 4 is 49.7 Å². The summed E-state index contributed by atoms with van der Waals surface area (Å²) in [6, 6.07) is 0. The van der Waals surface area contributed by atoms with E-state index in [4.69, 9.17) is 15.3 Å². The van der Waals surface area contributed by atoms with E-state index in [2.05, 4.69) is 17.9 Å². The SMILES string of the molecule is C=C(C)C(=O)O.C=CC(=O)OCC(O)CO.[CaH2]. The molecule has 0 aliphatic carbocycles. The van der Waals surface area contributed by atoms with Gasteiger partial charge in [-0.1, -0.05) is 13.2 Å². The Balaban J connectivity index is -0.000000244. The van der Waals surface area contributed by atoms with Crippen LogP contribution in [0, 0.1) is 0 Å². The van der Waals surface area contributed by atoms with Gasteiger partial charge in [-0.15, -0.1) is 0 Å². The van der Waals surface area contributed by atoms with E-state index in [1.165, 1.54) is 6.92 Å². The topological polar surface area (TPSA) is 104 Å². The zero-order chi connectivity index (χ0) is 13.1. The molecule has 96 valence electrons. The summed E-state index contributed by atoms with van der Waals surface area (Å²) in [6.07, 6.45) is -0.00622. The summed E-state index contributed by atoms with van der Waals surface area (Å²) in [5.74, 6) is -1.54. The van der Waals surface area contributed by atoms with E-state index in [0.717, 1.165) is 6.08 Å². The molecule has 0 fully saturated rings. The fourth-order valence-electron chi connectivity index (χ4n) is 0.290. The normalized spacial score (nSPS) is 9.82. The molecule has 0 rings (SSSR count). The van der Waals surface area contributed by atoms with E-state index >= 15 is 0 Å². The summed E-state index contributed by atoms with van der Waals surface area (Å²) in [5.41, 5.74) is 0.176. The summed E-state index contributed by atoms with van der Waals surface area (Å²) in [7, 11) is 0. The van der Waals surface area contributed by atoms with Crippen molar-refractivity contribution in [3.05, 3.63) is 24.8 Å². The zero-order valence-corrected chi connectivity index (χ0v) is 9.05. The van der Waals surface area contributed by atoms with E-state index in [9.17, 15) is 9.59 Å². The molecule has 0 aromatic carbocycles. The molecule has 0 aliphatic rings. The Bertz CT molecular complexity index is 252. The Morgan fingerprint density at radius 1 is 1.47 bits per heavy atom. The number of carbonyl (C=O) groups is 2. The van der Waals surface area contributed by atoms with Crippen molar-refractivity contribution in [3.8, 4) is 0 Å². The van der Waals surface area contributed by atoms with Gasteiger partial charge in [-0.2, -0.15) is 0 Å². The van der Waals surface area contributed by atoms with Crippen molar-refractivity contribution in [2.24, 2.45) is 0 Å². The number of carbonyl (C=O) groups excluding carboxylic acids is 1. The van der Waals surface area contributed by atoms with Gasteiger partial charge in [0, 0.05) is 11.6 Å². The summed E-state index contributed by atoms with van der Waals surface area (Å²) in [6.45, 7) is 7.14. The Morgan fingerprint density at radius 2 is 1.88 bits per heavy atom. The molecule has 17 heavy (non-hydrogen) atoms. The zero-order valence-electron chi connectivity index (χ0n) is 9.05. The van der Waals surface area contributed by atoms with Crippen LogP contribution in [-0.2, 0) is 14.3 Å². The molecule has 7 heteroatoms. The molecule has 0 radical (unpaired) electrons. The van der Waals surface area contributed by atoms with Crippen LogP contribution < -0.4 is 0 Å². The Morgan fingerprint density at radius 3 is 2.12 bits per heavy atom. The van der Waals surface area contributed by atoms with Crippen LogP contribution >= 0.6 is 0 Å². The van der Waals surface area contributed by atoms with Gasteiger partial charge in [0.05, 0.1) is 6.61 Å². The van der Waals surface area contributed by atoms with Gasteiger partial charge in [-0.25, -0.2) is 9.59 Å². The molecule has 0 bridgehead atoms. The quantitative estimate of drug-likeness (QED) is 0.330. The van der Waals surface area contributed by atoms with Crippen LogP contribution in [0.15, 0.2) is 24.8 Å². The Kier molecular flexibility index (Phi) is 17.6. The van der Waals surface area contributed by atoms with Crippen LogP contribution in [0.2, 0.25) is 0 Å². The molecule has 0 aromatic heterocycles. The summed E-state index contributed by atoms with van der Waals surface area (Å²) >= 11 is 0. The van der Waals surface area contributed by atoms with Crippen molar-refractivity contribution < 1.29 is 29.6 Å². The predicted molar refractivity (Wildman–Crippen MR) is 65.2 cm³/mol. The van der Waals surface area contributed by atoms with Gasteiger partial charge < -0.3 is 20.1 Å². The minimum atomic E-state index is -0.996. The molecule has 0 heterocycles. The molecular weight excluding hydrogens is 256 g/mol. The van der Waals surface area contributed by atoms with E-state index in [1.54, 1.807) is 0 Å². The van der Waals surface area contributed by atoms with E-state index < -0.39 is 24.6 Å². The molecule has 0 amide bonds. The van der Waals surface area contributed by atoms with Crippen molar-refractivity contribution in [1.82, 2.24) is 0 Å². The standard InChI is InChI=1S/C6H10O4.C4H6O2.Ca.2H/c1-2-6(9)10-4-5(8)3-7;1-3(2)4(5)6;;;/h2,5,7-8H,1,3-4H2;1H2,2H3,(H,5,6);;;. The van der Waals surface area contributed by atoms with Crippen LogP contribution in [-0.4, -0.2) is 84.3 Å². The molecular formula is C10H18CaO6. The van der Waals surface area contributed by atoms with E-state index in [0.29, 0.717) is 0 Å². The maximum atomic E-state index is 10.3. The van der Waals surface area contributed by atoms with Gasteiger partial charge in [-0.05, 0) is 6.92 Å². The van der Waals surface area contributed by atoms with Gasteiger partial charge >= 0.3 is 49.7 Å². The predicted octanol–water partition coefficient (Wildman–Crippen LogP) is -1.20. The van der Waals surface area contributed by atoms with Crippen LogP contribution in [0.5, 0.6) is 0 Å². The third-order valence-electron chi connectivity index (χ3n) is 1.16. The third-order valence-corrected chi connectivity index (χ3v) is 1.16. The number of hydrogen-bond donors (Lipinski definition) is 3. The monoisotopic (exact) mass is 274 g/mol. The van der Waals surface area contributed by atoms with Crippen LogP contribution in [0.25, 0.3) is 0 Å². The molecule has 0 spiro atoms. The second kappa shape index (κ2) is 13.7. The molecule has 3 N–H and O–H groups in total. The number of aliphatic hydroxyl groups is 2. The van der Waals surface area contributed by atoms with Gasteiger partial charge in [0.2, 0.25) is 0 Å². The number of aliphatic hydroxyl groups excluding tert-OH is 2.